The lowest BCUT2D eigenvalue weighted by atomic mass is 9.82. The Kier molecular flexibility index (Phi) is 3.95. The maximum absolute atomic E-state index is 9.45. The van der Waals surface area contributed by atoms with Gasteiger partial charge >= 0.3 is 0 Å². The molecule has 0 bridgehead atoms. The van der Waals surface area contributed by atoms with Crippen molar-refractivity contribution in [3.05, 3.63) is 158 Å². The second-order valence-corrected chi connectivity index (χ2v) is 10.7. The van der Waals surface area contributed by atoms with E-state index >= 15 is 0 Å². The van der Waals surface area contributed by atoms with E-state index in [1.807, 2.05) is 91.0 Å². The molecule has 1 nitrogen and oxygen atoms in total. The zero-order valence-corrected chi connectivity index (χ0v) is 22.9. The van der Waals surface area contributed by atoms with Crippen molar-refractivity contribution in [1.29, 1.82) is 0 Å². The Morgan fingerprint density at radius 1 is 0.419 bits per heavy atom. The molecular weight excluding hydrogens is 520 g/mol. The molecule has 9 rings (SSSR count). The lowest BCUT2D eigenvalue weighted by Crippen LogP contribution is -1.93. The van der Waals surface area contributed by atoms with E-state index in [1.54, 1.807) is 0 Å². The minimum atomic E-state index is -0.488. The molecule has 0 amide bonds. The van der Waals surface area contributed by atoms with Crippen LogP contribution in [0.1, 0.15) is 9.60 Å². The second kappa shape index (κ2) is 9.44. The summed E-state index contributed by atoms with van der Waals surface area (Å²) < 4.78 is 68.0. The van der Waals surface area contributed by atoms with E-state index < -0.39 is 24.2 Å². The average molecular weight is 554 g/mol. The highest BCUT2D eigenvalue weighted by Crippen LogP contribution is 2.50. The van der Waals surface area contributed by atoms with Gasteiger partial charge in [-0.25, -0.2) is 0 Å². The third-order valence-corrected chi connectivity index (χ3v) is 8.31. The van der Waals surface area contributed by atoms with E-state index in [1.165, 1.54) is 0 Å². The van der Waals surface area contributed by atoms with Gasteiger partial charge in [0.15, 0.2) is 0 Å². The fourth-order valence-corrected chi connectivity index (χ4v) is 6.51. The van der Waals surface area contributed by atoms with Crippen LogP contribution in [0.2, 0.25) is 0 Å². The summed E-state index contributed by atoms with van der Waals surface area (Å²) in [6.07, 6.45) is 0. The van der Waals surface area contributed by atoms with E-state index in [0.29, 0.717) is 5.56 Å². The summed E-state index contributed by atoms with van der Waals surface area (Å²) in [4.78, 5) is 0. The highest BCUT2D eigenvalue weighted by Gasteiger charge is 2.23. The Morgan fingerprint density at radius 2 is 1.02 bits per heavy atom. The predicted octanol–water partition coefficient (Wildman–Crippen LogP) is 12.0. The van der Waals surface area contributed by atoms with Crippen LogP contribution in [-0.4, -0.2) is 0 Å². The van der Waals surface area contributed by atoms with Gasteiger partial charge < -0.3 is 4.42 Å². The van der Waals surface area contributed by atoms with Crippen LogP contribution in [0.15, 0.2) is 162 Å². The summed E-state index contributed by atoms with van der Waals surface area (Å²) in [6, 6.07) is 35.6. The molecule has 0 fully saturated rings. The maximum Gasteiger partial charge on any atom is 0.136 e. The van der Waals surface area contributed by atoms with Crippen LogP contribution < -0.4 is 0 Å². The number of para-hydroxylation sites is 1. The molecule has 43 heavy (non-hydrogen) atoms. The third-order valence-electron chi connectivity index (χ3n) is 8.31. The first-order chi connectivity index (χ1) is 24.3. The van der Waals surface area contributed by atoms with Gasteiger partial charge in [-0.3, -0.25) is 0 Å². The molecule has 0 radical (unpaired) electrons. The normalized spacial score (nSPS) is 14.0. The van der Waals surface area contributed by atoms with Crippen molar-refractivity contribution in [2.24, 2.45) is 0 Å². The van der Waals surface area contributed by atoms with E-state index in [0.717, 1.165) is 65.7 Å². The highest BCUT2D eigenvalue weighted by molar-refractivity contribution is 6.27. The van der Waals surface area contributed by atoms with E-state index in [-0.39, 0.29) is 34.5 Å². The monoisotopic (exact) mass is 553 g/mol. The number of hydrogen-bond acceptors (Lipinski definition) is 1. The topological polar surface area (TPSA) is 13.1 Å². The molecule has 0 saturated carbocycles. The van der Waals surface area contributed by atoms with Crippen LogP contribution in [0.25, 0.3) is 87.6 Å². The SMILES string of the molecule is [2H]c1c([2H])c([2H])c2c([2H])c(-c3c4ccccc4c(-c4c(-c5ccccc5)ccc5oc6ccccc6c45)c4ccccc34)c([2H])c([2H])c2c1[2H]. The van der Waals surface area contributed by atoms with Gasteiger partial charge in [-0.1, -0.05) is 139 Å². The van der Waals surface area contributed by atoms with Gasteiger partial charge in [0, 0.05) is 16.3 Å². The molecule has 0 spiro atoms. The predicted molar refractivity (Wildman–Crippen MR) is 183 cm³/mol. The highest BCUT2D eigenvalue weighted by atomic mass is 16.3. The molecule has 9 aromatic rings. The molecule has 0 N–H and O–H groups in total. The third kappa shape index (κ3) is 3.65. The Morgan fingerprint density at radius 3 is 1.74 bits per heavy atom. The molecule has 0 aliphatic rings. The van der Waals surface area contributed by atoms with Gasteiger partial charge in [0.05, 0.1) is 9.60 Å². The quantitative estimate of drug-likeness (QED) is 0.198. The van der Waals surface area contributed by atoms with Gasteiger partial charge in [0.1, 0.15) is 11.2 Å². The number of benzene rings is 8. The minimum Gasteiger partial charge on any atom is -0.456 e. The summed E-state index contributed by atoms with van der Waals surface area (Å²) in [5.41, 5.74) is 6.26. The van der Waals surface area contributed by atoms with Crippen LogP contribution in [0.4, 0.5) is 0 Å². The van der Waals surface area contributed by atoms with E-state index in [2.05, 4.69) is 24.3 Å². The van der Waals surface area contributed by atoms with Crippen LogP contribution in [0.3, 0.4) is 0 Å². The van der Waals surface area contributed by atoms with Crippen LogP contribution in [0, 0.1) is 0 Å². The lowest BCUT2D eigenvalue weighted by molar-refractivity contribution is 0.669. The standard InChI is InChI=1S/C42H26O/c1-2-13-28(14-3-1)31-24-25-38-41(36-20-10-11-21-37(36)43-38)42(31)40-34-18-8-6-16-32(34)39(33-17-7-9-19-35(33)40)30-23-22-27-12-4-5-15-29(27)26-30/h1-26H/i4D,5D,12D,15D,22D,23D,26D. The lowest BCUT2D eigenvalue weighted by Gasteiger charge is -2.20. The first kappa shape index (κ1) is 18.0. The van der Waals surface area contributed by atoms with Gasteiger partial charge in [0.2, 0.25) is 0 Å². The van der Waals surface area contributed by atoms with Crippen molar-refractivity contribution < 1.29 is 14.0 Å². The van der Waals surface area contributed by atoms with Crippen molar-refractivity contribution in [3.8, 4) is 33.4 Å². The molecule has 0 aliphatic heterocycles. The van der Waals surface area contributed by atoms with Crippen molar-refractivity contribution in [2.75, 3.05) is 0 Å². The summed E-state index contributed by atoms with van der Waals surface area (Å²) in [6.45, 7) is 0. The smallest absolute Gasteiger partial charge is 0.136 e. The number of furan rings is 1. The van der Waals surface area contributed by atoms with Gasteiger partial charge in [-0.2, -0.15) is 0 Å². The van der Waals surface area contributed by atoms with E-state index in [9.17, 15) is 2.74 Å². The second-order valence-electron chi connectivity index (χ2n) is 10.7. The Labute approximate surface area is 259 Å². The number of fused-ring (bicyclic) bond motifs is 6. The van der Waals surface area contributed by atoms with Gasteiger partial charge in [-0.05, 0) is 78.3 Å². The Hall–Kier alpha value is -5.66. The molecular formula is C42H26O. The van der Waals surface area contributed by atoms with Gasteiger partial charge in [-0.15, -0.1) is 0 Å². The minimum absolute atomic E-state index is 0.0646. The number of rotatable bonds is 3. The zero-order valence-electron chi connectivity index (χ0n) is 29.9. The fourth-order valence-electron chi connectivity index (χ4n) is 6.51. The maximum atomic E-state index is 9.45. The summed E-state index contributed by atoms with van der Waals surface area (Å²) in [5, 5.41) is 5.03. The van der Waals surface area contributed by atoms with E-state index in [4.69, 9.17) is 11.3 Å². The molecule has 0 aliphatic carbocycles. The van der Waals surface area contributed by atoms with Gasteiger partial charge in [0.25, 0.3) is 0 Å². The molecule has 0 unspecified atom stereocenters. The van der Waals surface area contributed by atoms with Crippen LogP contribution in [-0.2, 0) is 0 Å². The Balaban J connectivity index is 1.51. The fraction of sp³-hybridized carbons (Fsp3) is 0. The molecule has 1 heterocycles. The van der Waals surface area contributed by atoms with Crippen LogP contribution >= 0.6 is 0 Å². The molecule has 8 aromatic carbocycles. The van der Waals surface area contributed by atoms with Crippen molar-refractivity contribution in [1.82, 2.24) is 0 Å². The van der Waals surface area contributed by atoms with Crippen LogP contribution in [0.5, 0.6) is 0 Å². The zero-order chi connectivity index (χ0) is 34.4. The number of hydrogen-bond donors (Lipinski definition) is 0. The molecule has 1 aromatic heterocycles. The van der Waals surface area contributed by atoms with Crippen molar-refractivity contribution >= 4 is 54.3 Å². The largest absolute Gasteiger partial charge is 0.456 e. The summed E-state index contributed by atoms with van der Waals surface area (Å²) in [5.74, 6) is 0. The first-order valence-corrected chi connectivity index (χ1v) is 14.2. The Bertz CT molecular complexity index is 2840. The first-order valence-electron chi connectivity index (χ1n) is 17.7. The molecule has 1 heteroatoms. The molecule has 0 atom stereocenters. The average Bonchev–Trinajstić information content (AvgIpc) is 3.53. The summed E-state index contributed by atoms with van der Waals surface area (Å²) >= 11 is 0. The van der Waals surface area contributed by atoms with Crippen molar-refractivity contribution in [2.45, 2.75) is 0 Å². The molecule has 200 valence electrons. The molecule has 0 saturated heterocycles. The summed E-state index contributed by atoms with van der Waals surface area (Å²) in [7, 11) is 0. The van der Waals surface area contributed by atoms with Crippen molar-refractivity contribution in [3.63, 3.8) is 0 Å².